The van der Waals surface area contributed by atoms with E-state index in [1.807, 2.05) is 42.5 Å². The van der Waals surface area contributed by atoms with E-state index in [1.54, 1.807) is 7.11 Å². The van der Waals surface area contributed by atoms with Gasteiger partial charge in [0.2, 0.25) is 0 Å². The van der Waals surface area contributed by atoms with E-state index >= 15 is 0 Å². The quantitative estimate of drug-likeness (QED) is 0.499. The molecular formula is C26H28O2. The molecule has 0 spiro atoms. The van der Waals surface area contributed by atoms with E-state index in [1.165, 1.54) is 37.7 Å². The van der Waals surface area contributed by atoms with E-state index < -0.39 is 0 Å². The van der Waals surface area contributed by atoms with Crippen molar-refractivity contribution in [1.82, 2.24) is 0 Å². The number of ether oxygens (including phenoxy) is 1. The molecule has 0 aromatic heterocycles. The Labute approximate surface area is 167 Å². The van der Waals surface area contributed by atoms with Crippen LogP contribution in [-0.4, -0.2) is 12.2 Å². The first-order chi connectivity index (χ1) is 13.7. The third-order valence-corrected chi connectivity index (χ3v) is 7.03. The van der Waals surface area contributed by atoms with Crippen LogP contribution in [0.5, 0.6) is 5.75 Å². The Morgan fingerprint density at radius 2 is 1.57 bits per heavy atom. The molecule has 0 atom stereocenters. The van der Waals surface area contributed by atoms with Crippen LogP contribution in [0.15, 0.2) is 54.1 Å². The van der Waals surface area contributed by atoms with Crippen LogP contribution >= 0.6 is 0 Å². The summed E-state index contributed by atoms with van der Waals surface area (Å²) in [6, 6.07) is 16.1. The number of methoxy groups -OCH3 is 1. The van der Waals surface area contributed by atoms with Crippen molar-refractivity contribution in [2.24, 2.45) is 23.7 Å². The highest BCUT2D eigenvalue weighted by atomic mass is 16.5. The molecule has 0 radical (unpaired) electrons. The van der Waals surface area contributed by atoms with Gasteiger partial charge in [-0.3, -0.25) is 0 Å². The SMILES string of the molecule is COC(=C1C2CC3CC(C2)CC1C3)c1ccc(/C=C/c2ccccc2)c(O)c1. The number of hydrogen-bond acceptors (Lipinski definition) is 2. The highest BCUT2D eigenvalue weighted by Gasteiger charge is 2.46. The number of hydrogen-bond donors (Lipinski definition) is 1. The summed E-state index contributed by atoms with van der Waals surface area (Å²) in [7, 11) is 1.79. The van der Waals surface area contributed by atoms with Crippen molar-refractivity contribution in [3.63, 3.8) is 0 Å². The summed E-state index contributed by atoms with van der Waals surface area (Å²) in [5.74, 6) is 4.56. The van der Waals surface area contributed by atoms with Crippen LogP contribution < -0.4 is 0 Å². The van der Waals surface area contributed by atoms with Gasteiger partial charge in [-0.2, -0.15) is 0 Å². The van der Waals surface area contributed by atoms with Crippen molar-refractivity contribution in [3.8, 4) is 5.75 Å². The smallest absolute Gasteiger partial charge is 0.125 e. The third-order valence-electron chi connectivity index (χ3n) is 7.03. The van der Waals surface area contributed by atoms with Gasteiger partial charge in [0, 0.05) is 11.1 Å². The van der Waals surface area contributed by atoms with Gasteiger partial charge in [0.05, 0.1) is 7.11 Å². The zero-order valence-corrected chi connectivity index (χ0v) is 16.5. The third kappa shape index (κ3) is 3.15. The minimum atomic E-state index is 0.309. The summed E-state index contributed by atoms with van der Waals surface area (Å²) in [4.78, 5) is 0. The molecule has 2 aromatic carbocycles. The Hall–Kier alpha value is -2.48. The molecule has 4 bridgehead atoms. The van der Waals surface area contributed by atoms with Crippen molar-refractivity contribution in [1.29, 1.82) is 0 Å². The van der Waals surface area contributed by atoms with E-state index in [9.17, 15) is 5.11 Å². The molecule has 1 N–H and O–H groups in total. The van der Waals surface area contributed by atoms with Crippen LogP contribution in [0.25, 0.3) is 17.9 Å². The minimum absolute atomic E-state index is 0.309. The standard InChI is InChI=1S/C26H28O2/c1-28-26(25-22-12-18-11-19(14-22)15-23(25)13-18)21-10-9-20(24(27)16-21)8-7-17-5-3-2-4-6-17/h2-10,16,18-19,22-23,27H,11-15H2,1H3/b8-7+,26-25?. The number of rotatable bonds is 4. The first-order valence-corrected chi connectivity index (χ1v) is 10.6. The lowest BCUT2D eigenvalue weighted by molar-refractivity contribution is 0.0675. The van der Waals surface area contributed by atoms with Gasteiger partial charge in [-0.25, -0.2) is 0 Å². The molecule has 0 amide bonds. The maximum atomic E-state index is 10.6. The number of phenols is 1. The summed E-state index contributed by atoms with van der Waals surface area (Å²) < 4.78 is 5.94. The zero-order valence-electron chi connectivity index (χ0n) is 16.5. The molecule has 6 rings (SSSR count). The van der Waals surface area contributed by atoms with Crippen LogP contribution in [0.1, 0.15) is 48.8 Å². The Morgan fingerprint density at radius 1 is 0.893 bits per heavy atom. The number of benzene rings is 2. The van der Waals surface area contributed by atoms with Crippen molar-refractivity contribution < 1.29 is 9.84 Å². The number of phenolic OH excluding ortho intramolecular Hbond substituents is 1. The van der Waals surface area contributed by atoms with Crippen molar-refractivity contribution in [2.45, 2.75) is 32.1 Å². The van der Waals surface area contributed by atoms with Gasteiger partial charge in [0.15, 0.2) is 0 Å². The summed E-state index contributed by atoms with van der Waals surface area (Å²) in [6.07, 6.45) is 10.8. The molecule has 0 unspecified atom stereocenters. The molecule has 2 aromatic rings. The Morgan fingerprint density at radius 3 is 2.18 bits per heavy atom. The fourth-order valence-electron chi connectivity index (χ4n) is 6.04. The maximum absolute atomic E-state index is 10.6. The molecule has 4 fully saturated rings. The molecule has 2 heteroatoms. The van der Waals surface area contributed by atoms with Gasteiger partial charge in [0.1, 0.15) is 11.5 Å². The first-order valence-electron chi connectivity index (χ1n) is 10.6. The predicted octanol–water partition coefficient (Wildman–Crippen LogP) is 6.38. The molecule has 0 heterocycles. The van der Waals surface area contributed by atoms with E-state index in [2.05, 4.69) is 18.2 Å². The molecule has 144 valence electrons. The second-order valence-corrected chi connectivity index (χ2v) is 8.81. The number of allylic oxidation sites excluding steroid dienone is 1. The Balaban J connectivity index is 1.46. The highest BCUT2D eigenvalue weighted by molar-refractivity contribution is 5.75. The van der Waals surface area contributed by atoms with Crippen LogP contribution in [-0.2, 0) is 4.74 Å². The van der Waals surface area contributed by atoms with Crippen molar-refractivity contribution >= 4 is 17.9 Å². The summed E-state index contributed by atoms with van der Waals surface area (Å²) in [6.45, 7) is 0. The molecule has 4 aliphatic carbocycles. The van der Waals surface area contributed by atoms with Crippen molar-refractivity contribution in [3.05, 3.63) is 70.8 Å². The van der Waals surface area contributed by atoms with Crippen LogP contribution in [0, 0.1) is 23.7 Å². The van der Waals surface area contributed by atoms with Gasteiger partial charge in [-0.1, -0.05) is 54.6 Å². The zero-order chi connectivity index (χ0) is 19.1. The lowest BCUT2D eigenvalue weighted by atomic mass is 9.54. The molecule has 0 saturated heterocycles. The fraction of sp³-hybridized carbons (Fsp3) is 0.385. The second-order valence-electron chi connectivity index (χ2n) is 8.81. The average Bonchev–Trinajstić information content (AvgIpc) is 2.70. The molecular weight excluding hydrogens is 344 g/mol. The van der Waals surface area contributed by atoms with Crippen LogP contribution in [0.4, 0.5) is 0 Å². The Bertz CT molecular complexity index is 893. The first kappa shape index (κ1) is 17.6. The van der Waals surface area contributed by atoms with Gasteiger partial charge in [-0.15, -0.1) is 0 Å². The van der Waals surface area contributed by atoms with E-state index in [0.29, 0.717) is 17.6 Å². The summed E-state index contributed by atoms with van der Waals surface area (Å²) in [5.41, 5.74) is 4.50. The molecule has 4 saturated carbocycles. The highest BCUT2D eigenvalue weighted by Crippen LogP contribution is 2.58. The predicted molar refractivity (Wildman–Crippen MR) is 114 cm³/mol. The topological polar surface area (TPSA) is 29.5 Å². The normalized spacial score (nSPS) is 28.1. The lowest BCUT2D eigenvalue weighted by Gasteiger charge is -2.51. The maximum Gasteiger partial charge on any atom is 0.125 e. The average molecular weight is 373 g/mol. The van der Waals surface area contributed by atoms with Crippen LogP contribution in [0.3, 0.4) is 0 Å². The Kier molecular flexibility index (Phi) is 4.50. The fourth-order valence-corrected chi connectivity index (χ4v) is 6.04. The lowest BCUT2D eigenvalue weighted by Crippen LogP contribution is -2.40. The van der Waals surface area contributed by atoms with Gasteiger partial charge in [-0.05, 0) is 73.0 Å². The van der Waals surface area contributed by atoms with E-state index in [-0.39, 0.29) is 0 Å². The summed E-state index contributed by atoms with van der Waals surface area (Å²) in [5, 5.41) is 10.6. The van der Waals surface area contributed by atoms with Gasteiger partial charge < -0.3 is 9.84 Å². The van der Waals surface area contributed by atoms with Crippen LogP contribution in [0.2, 0.25) is 0 Å². The molecule has 28 heavy (non-hydrogen) atoms. The molecule has 0 aliphatic heterocycles. The van der Waals surface area contributed by atoms with E-state index in [4.69, 9.17) is 4.74 Å². The van der Waals surface area contributed by atoms with E-state index in [0.717, 1.165) is 34.3 Å². The largest absolute Gasteiger partial charge is 0.507 e. The minimum Gasteiger partial charge on any atom is -0.507 e. The van der Waals surface area contributed by atoms with Crippen molar-refractivity contribution in [2.75, 3.05) is 7.11 Å². The molecule has 4 aliphatic rings. The van der Waals surface area contributed by atoms with Gasteiger partial charge >= 0.3 is 0 Å². The monoisotopic (exact) mass is 372 g/mol. The van der Waals surface area contributed by atoms with Gasteiger partial charge in [0.25, 0.3) is 0 Å². The molecule has 2 nitrogen and oxygen atoms in total. The number of aromatic hydroxyl groups is 1. The summed E-state index contributed by atoms with van der Waals surface area (Å²) >= 11 is 0. The second kappa shape index (κ2) is 7.16.